The first-order valence-electron chi connectivity index (χ1n) is 6.44. The van der Waals surface area contributed by atoms with Gasteiger partial charge in [0.05, 0.1) is 6.42 Å². The summed E-state index contributed by atoms with van der Waals surface area (Å²) < 4.78 is 36.4. The highest BCUT2D eigenvalue weighted by molar-refractivity contribution is 5.23. The molecule has 108 valence electrons. The summed E-state index contributed by atoms with van der Waals surface area (Å²) in [6, 6.07) is 7.94. The number of halogens is 3. The summed E-state index contributed by atoms with van der Waals surface area (Å²) in [6.07, 6.45) is -4.85. The second-order valence-corrected chi connectivity index (χ2v) is 4.70. The van der Waals surface area contributed by atoms with Crippen molar-refractivity contribution < 1.29 is 13.2 Å². The van der Waals surface area contributed by atoms with E-state index in [2.05, 4.69) is 5.32 Å². The molecule has 5 heteroatoms. The average molecular weight is 274 g/mol. The second-order valence-electron chi connectivity index (χ2n) is 4.70. The minimum Gasteiger partial charge on any atom is -0.313 e. The number of nitrogens with one attached hydrogen (secondary N) is 1. The van der Waals surface area contributed by atoms with Gasteiger partial charge in [0.25, 0.3) is 0 Å². The van der Waals surface area contributed by atoms with Gasteiger partial charge in [0.1, 0.15) is 0 Å². The van der Waals surface area contributed by atoms with E-state index in [0.717, 1.165) is 24.2 Å². The summed E-state index contributed by atoms with van der Waals surface area (Å²) in [5, 5.41) is 3.23. The van der Waals surface area contributed by atoms with E-state index in [1.54, 1.807) is 11.9 Å². The van der Waals surface area contributed by atoms with Gasteiger partial charge in [-0.05, 0) is 24.7 Å². The van der Waals surface area contributed by atoms with Gasteiger partial charge >= 0.3 is 6.18 Å². The number of benzene rings is 1. The Balaban J connectivity index is 2.47. The molecular formula is C14H21F3N2. The Morgan fingerprint density at radius 1 is 1.21 bits per heavy atom. The molecule has 0 radical (unpaired) electrons. The first-order valence-corrected chi connectivity index (χ1v) is 6.44. The van der Waals surface area contributed by atoms with Crippen molar-refractivity contribution in [2.24, 2.45) is 0 Å². The Morgan fingerprint density at radius 3 is 2.53 bits per heavy atom. The maximum absolute atomic E-state index is 12.1. The van der Waals surface area contributed by atoms with Gasteiger partial charge in [0.15, 0.2) is 0 Å². The molecule has 0 fully saturated rings. The van der Waals surface area contributed by atoms with Crippen LogP contribution in [0.2, 0.25) is 0 Å². The van der Waals surface area contributed by atoms with Gasteiger partial charge in [-0.2, -0.15) is 13.2 Å². The summed E-state index contributed by atoms with van der Waals surface area (Å²) in [4.78, 5) is 1.69. The quantitative estimate of drug-likeness (QED) is 0.821. The van der Waals surface area contributed by atoms with E-state index in [1.807, 2.05) is 31.2 Å². The standard InChI is InChI=1S/C14H21F3N2/c1-3-18-10-12-5-4-6-13(9-12)11-19(2)8-7-14(15,16)17/h4-6,9,18H,3,7-8,10-11H2,1-2H3. The lowest BCUT2D eigenvalue weighted by Crippen LogP contribution is -2.24. The van der Waals surface area contributed by atoms with Gasteiger partial charge in [-0.1, -0.05) is 31.2 Å². The van der Waals surface area contributed by atoms with Crippen LogP contribution in [0.5, 0.6) is 0 Å². The van der Waals surface area contributed by atoms with E-state index in [4.69, 9.17) is 0 Å². The zero-order chi connectivity index (χ0) is 14.3. The fourth-order valence-electron chi connectivity index (χ4n) is 1.82. The van der Waals surface area contributed by atoms with Crippen LogP contribution in [-0.4, -0.2) is 31.2 Å². The normalized spacial score (nSPS) is 12.1. The van der Waals surface area contributed by atoms with Crippen molar-refractivity contribution in [2.45, 2.75) is 32.6 Å². The van der Waals surface area contributed by atoms with E-state index in [-0.39, 0.29) is 6.54 Å². The van der Waals surface area contributed by atoms with E-state index in [9.17, 15) is 13.2 Å². The maximum atomic E-state index is 12.1. The highest BCUT2D eigenvalue weighted by atomic mass is 19.4. The topological polar surface area (TPSA) is 15.3 Å². The lowest BCUT2D eigenvalue weighted by Gasteiger charge is -2.18. The third-order valence-electron chi connectivity index (χ3n) is 2.80. The van der Waals surface area contributed by atoms with Gasteiger partial charge in [-0.25, -0.2) is 0 Å². The number of nitrogens with zero attached hydrogens (tertiary/aromatic N) is 1. The fourth-order valence-corrected chi connectivity index (χ4v) is 1.82. The van der Waals surface area contributed by atoms with Crippen LogP contribution in [0.3, 0.4) is 0 Å². The highest BCUT2D eigenvalue weighted by Gasteiger charge is 2.26. The first kappa shape index (κ1) is 16.0. The van der Waals surface area contributed by atoms with Crippen LogP contribution in [0, 0.1) is 0 Å². The van der Waals surface area contributed by atoms with Crippen molar-refractivity contribution in [1.82, 2.24) is 10.2 Å². The van der Waals surface area contributed by atoms with Crippen LogP contribution in [0.4, 0.5) is 13.2 Å². The zero-order valence-corrected chi connectivity index (χ0v) is 11.4. The zero-order valence-electron chi connectivity index (χ0n) is 11.4. The molecular weight excluding hydrogens is 253 g/mol. The van der Waals surface area contributed by atoms with Crippen LogP contribution in [0.15, 0.2) is 24.3 Å². The van der Waals surface area contributed by atoms with Gasteiger partial charge in [-0.3, -0.25) is 0 Å². The largest absolute Gasteiger partial charge is 0.390 e. The molecule has 1 aromatic carbocycles. The highest BCUT2D eigenvalue weighted by Crippen LogP contribution is 2.20. The van der Waals surface area contributed by atoms with Crippen molar-refractivity contribution in [3.05, 3.63) is 35.4 Å². The molecule has 0 aromatic heterocycles. The van der Waals surface area contributed by atoms with Gasteiger partial charge in [0, 0.05) is 19.6 Å². The van der Waals surface area contributed by atoms with Crippen LogP contribution in [-0.2, 0) is 13.1 Å². The first-order chi connectivity index (χ1) is 8.90. The van der Waals surface area contributed by atoms with E-state index in [1.165, 1.54) is 0 Å². The molecule has 1 N–H and O–H groups in total. The minimum absolute atomic E-state index is 0.0287. The molecule has 0 spiro atoms. The summed E-state index contributed by atoms with van der Waals surface area (Å²) in [5.41, 5.74) is 2.20. The number of hydrogen-bond donors (Lipinski definition) is 1. The Bertz CT molecular complexity index is 377. The SMILES string of the molecule is CCNCc1cccc(CN(C)CCC(F)(F)F)c1. The summed E-state index contributed by atoms with van der Waals surface area (Å²) in [5.74, 6) is 0. The van der Waals surface area contributed by atoms with Gasteiger partial charge < -0.3 is 10.2 Å². The van der Waals surface area contributed by atoms with Crippen molar-refractivity contribution in [2.75, 3.05) is 20.1 Å². The molecule has 0 atom stereocenters. The monoisotopic (exact) mass is 274 g/mol. The Morgan fingerprint density at radius 2 is 1.89 bits per heavy atom. The average Bonchev–Trinajstić information content (AvgIpc) is 2.33. The molecule has 0 bridgehead atoms. The molecule has 2 nitrogen and oxygen atoms in total. The smallest absolute Gasteiger partial charge is 0.313 e. The van der Waals surface area contributed by atoms with E-state index in [0.29, 0.717) is 6.54 Å². The van der Waals surface area contributed by atoms with Crippen molar-refractivity contribution >= 4 is 0 Å². The van der Waals surface area contributed by atoms with Gasteiger partial charge in [-0.15, -0.1) is 0 Å². The molecule has 19 heavy (non-hydrogen) atoms. The lowest BCUT2D eigenvalue weighted by molar-refractivity contribution is -0.137. The van der Waals surface area contributed by atoms with E-state index >= 15 is 0 Å². The molecule has 0 saturated carbocycles. The van der Waals surface area contributed by atoms with Crippen LogP contribution < -0.4 is 5.32 Å². The molecule has 0 unspecified atom stereocenters. The molecule has 1 rings (SSSR count). The third-order valence-corrected chi connectivity index (χ3v) is 2.80. The second kappa shape index (κ2) is 7.50. The molecule has 0 heterocycles. The fraction of sp³-hybridized carbons (Fsp3) is 0.571. The molecule has 0 aliphatic rings. The van der Waals surface area contributed by atoms with Gasteiger partial charge in [0.2, 0.25) is 0 Å². The maximum Gasteiger partial charge on any atom is 0.390 e. The molecule has 0 amide bonds. The molecule has 0 saturated heterocycles. The summed E-state index contributed by atoms with van der Waals surface area (Å²) >= 11 is 0. The predicted octanol–water partition coefficient (Wildman–Crippen LogP) is 3.18. The minimum atomic E-state index is -4.08. The number of hydrogen-bond acceptors (Lipinski definition) is 2. The van der Waals surface area contributed by atoms with Crippen LogP contribution in [0.1, 0.15) is 24.5 Å². The van der Waals surface area contributed by atoms with Crippen LogP contribution in [0.25, 0.3) is 0 Å². The Labute approximate surface area is 112 Å². The molecule has 0 aliphatic carbocycles. The number of rotatable bonds is 7. The Hall–Kier alpha value is -1.07. The molecule has 1 aromatic rings. The van der Waals surface area contributed by atoms with Crippen LogP contribution >= 0.6 is 0 Å². The summed E-state index contributed by atoms with van der Waals surface area (Å²) in [6.45, 7) is 4.29. The molecule has 0 aliphatic heterocycles. The summed E-state index contributed by atoms with van der Waals surface area (Å²) in [7, 11) is 1.71. The van der Waals surface area contributed by atoms with Crippen molar-refractivity contribution in [3.63, 3.8) is 0 Å². The van der Waals surface area contributed by atoms with E-state index < -0.39 is 12.6 Å². The van der Waals surface area contributed by atoms with Crippen molar-refractivity contribution in [3.8, 4) is 0 Å². The number of alkyl halides is 3. The van der Waals surface area contributed by atoms with Crippen molar-refractivity contribution in [1.29, 1.82) is 0 Å². The lowest BCUT2D eigenvalue weighted by atomic mass is 10.1. The predicted molar refractivity (Wildman–Crippen MR) is 70.8 cm³/mol. The third kappa shape index (κ3) is 7.18. The Kier molecular flexibility index (Phi) is 6.31.